The molecule has 1 heterocycles. The Hall–Kier alpha value is -0.710. The zero-order chi connectivity index (χ0) is 13.0. The summed E-state index contributed by atoms with van der Waals surface area (Å²) in [5.74, 6) is 1.30. The van der Waals surface area contributed by atoms with Crippen molar-refractivity contribution >= 4 is 34.8 Å². The van der Waals surface area contributed by atoms with Crippen molar-refractivity contribution in [3.8, 4) is 0 Å². The normalized spacial score (nSPS) is 12.4. The van der Waals surface area contributed by atoms with Crippen LogP contribution in [-0.4, -0.2) is 38.8 Å². The third kappa shape index (κ3) is 3.37. The van der Waals surface area contributed by atoms with Crippen LogP contribution in [0.3, 0.4) is 0 Å². The van der Waals surface area contributed by atoms with Crippen molar-refractivity contribution in [2.45, 2.75) is 13.0 Å². The van der Waals surface area contributed by atoms with E-state index in [1.165, 1.54) is 0 Å². The summed E-state index contributed by atoms with van der Waals surface area (Å²) in [5, 5.41) is 3.96. The van der Waals surface area contributed by atoms with Crippen LogP contribution in [0.15, 0.2) is 6.07 Å². The molecule has 0 fully saturated rings. The van der Waals surface area contributed by atoms with E-state index in [0.29, 0.717) is 28.3 Å². The monoisotopic (exact) mass is 277 g/mol. The molecule has 1 aromatic heterocycles. The lowest BCUT2D eigenvalue weighted by Gasteiger charge is -2.26. The molecule has 0 aliphatic heterocycles. The smallest absolute Gasteiger partial charge is 0.150 e. The Morgan fingerprint density at radius 3 is 2.65 bits per heavy atom. The predicted molar refractivity (Wildman–Crippen MR) is 73.5 cm³/mol. The lowest BCUT2D eigenvalue weighted by atomic mass is 10.3. The van der Waals surface area contributed by atoms with Gasteiger partial charge < -0.3 is 15.0 Å². The van der Waals surface area contributed by atoms with Crippen molar-refractivity contribution in [1.29, 1.82) is 0 Å². The Bertz CT molecular complexity index is 387. The molecule has 0 aromatic carbocycles. The molecule has 0 saturated heterocycles. The van der Waals surface area contributed by atoms with Crippen LogP contribution in [0.1, 0.15) is 6.92 Å². The number of ether oxygens (including phenoxy) is 1. The first-order chi connectivity index (χ1) is 8.01. The van der Waals surface area contributed by atoms with Crippen LogP contribution >= 0.6 is 23.2 Å². The molecule has 1 aromatic rings. The molecule has 0 amide bonds. The van der Waals surface area contributed by atoms with Gasteiger partial charge in [0.15, 0.2) is 0 Å². The Morgan fingerprint density at radius 1 is 1.47 bits per heavy atom. The summed E-state index contributed by atoms with van der Waals surface area (Å²) in [6, 6.07) is 1.86. The third-order valence-corrected chi connectivity index (χ3v) is 3.12. The first kappa shape index (κ1) is 14.4. The molecule has 1 unspecified atom stereocenters. The molecule has 96 valence electrons. The van der Waals surface area contributed by atoms with Crippen LogP contribution in [0.25, 0.3) is 0 Å². The molecule has 0 aliphatic rings. The maximum Gasteiger partial charge on any atom is 0.150 e. The molecule has 1 N–H and O–H groups in total. The van der Waals surface area contributed by atoms with Gasteiger partial charge in [0, 0.05) is 21.2 Å². The Labute approximate surface area is 112 Å². The third-order valence-electron chi connectivity index (χ3n) is 2.55. The number of nitrogens with zero attached hydrogens (tertiary/aromatic N) is 2. The molecule has 4 nitrogen and oxygen atoms in total. The van der Waals surface area contributed by atoms with Gasteiger partial charge in [0.2, 0.25) is 0 Å². The van der Waals surface area contributed by atoms with Gasteiger partial charge in [-0.2, -0.15) is 0 Å². The van der Waals surface area contributed by atoms with E-state index >= 15 is 0 Å². The van der Waals surface area contributed by atoms with Crippen molar-refractivity contribution in [2.75, 3.05) is 38.0 Å². The minimum absolute atomic E-state index is 0.177. The van der Waals surface area contributed by atoms with Crippen LogP contribution in [0.5, 0.6) is 0 Å². The average molecular weight is 278 g/mol. The first-order valence-corrected chi connectivity index (χ1v) is 6.02. The molecular weight excluding hydrogens is 261 g/mol. The summed E-state index contributed by atoms with van der Waals surface area (Å²) in [4.78, 5) is 6.35. The summed E-state index contributed by atoms with van der Waals surface area (Å²) in [6.07, 6.45) is 0. The number of anilines is 2. The summed E-state index contributed by atoms with van der Waals surface area (Å²) in [5.41, 5.74) is 0. The highest BCUT2D eigenvalue weighted by molar-refractivity contribution is 6.37. The second kappa shape index (κ2) is 6.28. The molecule has 6 heteroatoms. The van der Waals surface area contributed by atoms with Crippen LogP contribution in [0.2, 0.25) is 10.0 Å². The van der Waals surface area contributed by atoms with Crippen molar-refractivity contribution in [2.24, 2.45) is 0 Å². The van der Waals surface area contributed by atoms with Crippen LogP contribution in [0, 0.1) is 0 Å². The highest BCUT2D eigenvalue weighted by Gasteiger charge is 2.16. The van der Waals surface area contributed by atoms with Gasteiger partial charge in [-0.1, -0.05) is 23.2 Å². The van der Waals surface area contributed by atoms with E-state index in [9.17, 15) is 0 Å². The van der Waals surface area contributed by atoms with Gasteiger partial charge in [0.25, 0.3) is 0 Å². The summed E-state index contributed by atoms with van der Waals surface area (Å²) < 4.78 is 5.11. The Kier molecular flexibility index (Phi) is 5.31. The molecule has 0 bridgehead atoms. The van der Waals surface area contributed by atoms with E-state index in [-0.39, 0.29) is 6.04 Å². The minimum atomic E-state index is 0.177. The first-order valence-electron chi connectivity index (χ1n) is 5.26. The second-order valence-corrected chi connectivity index (χ2v) is 4.60. The van der Waals surface area contributed by atoms with Crippen molar-refractivity contribution < 1.29 is 4.74 Å². The van der Waals surface area contributed by atoms with Gasteiger partial charge in [0.1, 0.15) is 11.6 Å². The van der Waals surface area contributed by atoms with Crippen molar-refractivity contribution in [1.82, 2.24) is 4.98 Å². The molecule has 0 aliphatic carbocycles. The zero-order valence-electron chi connectivity index (χ0n) is 10.4. The lowest BCUT2D eigenvalue weighted by molar-refractivity contribution is 0.183. The fourth-order valence-electron chi connectivity index (χ4n) is 1.44. The number of aromatic nitrogens is 1. The fourth-order valence-corrected chi connectivity index (χ4v) is 2.03. The topological polar surface area (TPSA) is 37.4 Å². The van der Waals surface area contributed by atoms with Gasteiger partial charge in [-0.3, -0.25) is 0 Å². The van der Waals surface area contributed by atoms with Crippen LogP contribution in [0.4, 0.5) is 11.6 Å². The molecule has 0 radical (unpaired) electrons. The van der Waals surface area contributed by atoms with Crippen molar-refractivity contribution in [3.63, 3.8) is 0 Å². The van der Waals surface area contributed by atoms with Gasteiger partial charge in [-0.25, -0.2) is 4.98 Å². The molecule has 0 saturated carbocycles. The van der Waals surface area contributed by atoms with Gasteiger partial charge >= 0.3 is 0 Å². The maximum atomic E-state index is 6.14. The van der Waals surface area contributed by atoms with E-state index in [0.717, 1.165) is 0 Å². The summed E-state index contributed by atoms with van der Waals surface area (Å²) >= 11 is 12.1. The Balaban J connectivity index is 3.04. The van der Waals surface area contributed by atoms with E-state index in [2.05, 4.69) is 10.3 Å². The number of hydrogen-bond acceptors (Lipinski definition) is 4. The number of hydrogen-bond donors (Lipinski definition) is 1. The number of pyridine rings is 1. The van der Waals surface area contributed by atoms with E-state index in [1.807, 2.05) is 18.9 Å². The van der Waals surface area contributed by atoms with E-state index in [1.54, 1.807) is 20.2 Å². The number of halogens is 2. The summed E-state index contributed by atoms with van der Waals surface area (Å²) in [6.45, 7) is 2.64. The number of nitrogens with one attached hydrogen (secondary N) is 1. The van der Waals surface area contributed by atoms with Gasteiger partial charge in [-0.05, 0) is 13.0 Å². The second-order valence-electron chi connectivity index (χ2n) is 3.79. The molecule has 1 atom stereocenters. The largest absolute Gasteiger partial charge is 0.383 e. The van der Waals surface area contributed by atoms with E-state index in [4.69, 9.17) is 27.9 Å². The van der Waals surface area contributed by atoms with Gasteiger partial charge in [0.05, 0.1) is 22.7 Å². The highest BCUT2D eigenvalue weighted by Crippen LogP contribution is 2.31. The standard InChI is InChI=1S/C11H17Cl2N3O/c1-7(6-17-4)16(3)11-9(13)5-8(12)10(14-2)15-11/h5,7H,6H2,1-4H3,(H,14,15). The van der Waals surface area contributed by atoms with Crippen molar-refractivity contribution in [3.05, 3.63) is 16.1 Å². The SMILES string of the molecule is CNc1nc(N(C)C(C)COC)c(Cl)cc1Cl. The van der Waals surface area contributed by atoms with Gasteiger partial charge in [-0.15, -0.1) is 0 Å². The molecule has 17 heavy (non-hydrogen) atoms. The number of rotatable bonds is 5. The quantitative estimate of drug-likeness (QED) is 0.898. The van der Waals surface area contributed by atoms with Crippen LogP contribution in [-0.2, 0) is 4.74 Å². The highest BCUT2D eigenvalue weighted by atomic mass is 35.5. The zero-order valence-corrected chi connectivity index (χ0v) is 11.9. The number of methoxy groups -OCH3 is 1. The minimum Gasteiger partial charge on any atom is -0.383 e. The molecule has 0 spiro atoms. The molecular formula is C11H17Cl2N3O. The van der Waals surface area contributed by atoms with E-state index < -0.39 is 0 Å². The predicted octanol–water partition coefficient (Wildman–Crippen LogP) is 2.90. The average Bonchev–Trinajstić information content (AvgIpc) is 2.29. The fraction of sp³-hybridized carbons (Fsp3) is 0.545. The summed E-state index contributed by atoms with van der Waals surface area (Å²) in [7, 11) is 5.36. The van der Waals surface area contributed by atoms with Crippen LogP contribution < -0.4 is 10.2 Å². The molecule has 1 rings (SSSR count). The Morgan fingerprint density at radius 2 is 2.12 bits per heavy atom. The maximum absolute atomic E-state index is 6.14. The lowest BCUT2D eigenvalue weighted by Crippen LogP contribution is -2.33. The number of likely N-dealkylation sites (N-methyl/N-ethyl adjacent to an activating group) is 1.